The van der Waals surface area contributed by atoms with Gasteiger partial charge in [-0.3, -0.25) is 14.7 Å². The van der Waals surface area contributed by atoms with Gasteiger partial charge in [0.2, 0.25) is 5.91 Å². The number of rotatable bonds is 6. The Morgan fingerprint density at radius 1 is 1.28 bits per heavy atom. The number of hydrogen-bond donors (Lipinski definition) is 3. The lowest BCUT2D eigenvalue weighted by Crippen LogP contribution is -2.50. The van der Waals surface area contributed by atoms with Crippen LogP contribution in [0.3, 0.4) is 0 Å². The van der Waals surface area contributed by atoms with Crippen molar-refractivity contribution >= 4 is 47.4 Å². The van der Waals surface area contributed by atoms with E-state index in [4.69, 9.17) is 16.3 Å². The summed E-state index contributed by atoms with van der Waals surface area (Å²) in [6.07, 6.45) is 0. The summed E-state index contributed by atoms with van der Waals surface area (Å²) < 4.78 is 5.49. The Balaban J connectivity index is 0.00000420. The molecule has 2 rings (SSSR count). The number of benzene rings is 1. The van der Waals surface area contributed by atoms with E-state index in [1.54, 1.807) is 7.05 Å². The van der Waals surface area contributed by atoms with Gasteiger partial charge >= 0.3 is 0 Å². The van der Waals surface area contributed by atoms with Crippen LogP contribution in [0.15, 0.2) is 29.3 Å². The topological polar surface area (TPSA) is 78.0 Å². The van der Waals surface area contributed by atoms with Crippen molar-refractivity contribution in [1.29, 1.82) is 0 Å². The van der Waals surface area contributed by atoms with Gasteiger partial charge in [0.1, 0.15) is 0 Å². The summed E-state index contributed by atoms with van der Waals surface area (Å²) in [6.45, 7) is 9.82. The van der Waals surface area contributed by atoms with E-state index in [0.29, 0.717) is 12.5 Å². The Morgan fingerprint density at radius 2 is 1.97 bits per heavy atom. The molecule has 7 nitrogen and oxygen atoms in total. The molecule has 0 spiro atoms. The van der Waals surface area contributed by atoms with Crippen LogP contribution < -0.4 is 16.0 Å². The minimum Gasteiger partial charge on any atom is -0.379 e. The van der Waals surface area contributed by atoms with Crippen LogP contribution >= 0.6 is 35.6 Å². The normalized spacial score (nSPS) is 16.5. The van der Waals surface area contributed by atoms with Gasteiger partial charge in [-0.15, -0.1) is 24.0 Å². The molecule has 0 bridgehead atoms. The van der Waals surface area contributed by atoms with Crippen molar-refractivity contribution in [2.75, 3.05) is 46.4 Å². The van der Waals surface area contributed by atoms with Crippen LogP contribution in [0.1, 0.15) is 32.4 Å². The first-order chi connectivity index (χ1) is 13.3. The first-order valence-electron chi connectivity index (χ1n) is 9.61. The molecule has 0 aromatic heterocycles. The largest absolute Gasteiger partial charge is 0.379 e. The molecule has 1 amide bonds. The van der Waals surface area contributed by atoms with E-state index >= 15 is 0 Å². The first-order valence-corrected chi connectivity index (χ1v) is 9.99. The van der Waals surface area contributed by atoms with Gasteiger partial charge in [-0.05, 0) is 38.5 Å². The van der Waals surface area contributed by atoms with Gasteiger partial charge in [0, 0.05) is 37.2 Å². The molecule has 0 aliphatic carbocycles. The third-order valence-corrected chi connectivity index (χ3v) is 4.57. The molecule has 1 atom stereocenters. The molecule has 1 aliphatic rings. The second kappa shape index (κ2) is 12.6. The number of carbonyl (C=O) groups is 1. The maximum absolute atomic E-state index is 12.0. The standard InChI is InChI=1S/C20H32ClN5O2.HI/c1-20(2,3)25-18(27)14-24-19(22-4)23-13-17(26-8-10-28-11-9-26)15-6-5-7-16(21)12-15;/h5-7,12,17H,8-11,13-14H2,1-4H3,(H,25,27)(H2,22,23,24);1H. The van der Waals surface area contributed by atoms with Gasteiger partial charge < -0.3 is 20.7 Å². The number of amides is 1. The third-order valence-electron chi connectivity index (χ3n) is 4.34. The second-order valence-electron chi connectivity index (χ2n) is 7.82. The molecular weight excluding hydrogens is 505 g/mol. The van der Waals surface area contributed by atoms with Crippen LogP contribution in [0.2, 0.25) is 5.02 Å². The number of halogens is 2. The molecule has 29 heavy (non-hydrogen) atoms. The van der Waals surface area contributed by atoms with Gasteiger partial charge in [-0.25, -0.2) is 0 Å². The number of nitrogens with one attached hydrogen (secondary N) is 3. The molecule has 9 heteroatoms. The number of carbonyl (C=O) groups excluding carboxylic acids is 1. The zero-order valence-electron chi connectivity index (χ0n) is 17.6. The third kappa shape index (κ3) is 9.50. The van der Waals surface area contributed by atoms with E-state index in [0.717, 1.165) is 36.9 Å². The summed E-state index contributed by atoms with van der Waals surface area (Å²) in [4.78, 5) is 18.6. The molecule has 1 unspecified atom stereocenters. The van der Waals surface area contributed by atoms with Crippen molar-refractivity contribution < 1.29 is 9.53 Å². The minimum absolute atomic E-state index is 0. The van der Waals surface area contributed by atoms with Crippen molar-refractivity contribution in [2.24, 2.45) is 4.99 Å². The summed E-state index contributed by atoms with van der Waals surface area (Å²) in [5.74, 6) is 0.513. The van der Waals surface area contributed by atoms with E-state index in [1.807, 2.05) is 39.0 Å². The number of ether oxygens (including phenoxy) is 1. The van der Waals surface area contributed by atoms with Crippen LogP contribution in [0, 0.1) is 0 Å². The van der Waals surface area contributed by atoms with Crippen LogP contribution in [-0.4, -0.2) is 68.7 Å². The van der Waals surface area contributed by atoms with Gasteiger partial charge in [0.15, 0.2) is 5.96 Å². The Labute approximate surface area is 196 Å². The van der Waals surface area contributed by atoms with E-state index in [1.165, 1.54) is 0 Å². The molecule has 1 fully saturated rings. The van der Waals surface area contributed by atoms with Crippen LogP contribution in [-0.2, 0) is 9.53 Å². The van der Waals surface area contributed by atoms with Crippen LogP contribution in [0.25, 0.3) is 0 Å². The zero-order valence-corrected chi connectivity index (χ0v) is 20.7. The average molecular weight is 538 g/mol. The van der Waals surface area contributed by atoms with Crippen molar-refractivity contribution in [3.05, 3.63) is 34.9 Å². The molecule has 0 saturated carbocycles. The molecule has 164 valence electrons. The molecule has 1 saturated heterocycles. The van der Waals surface area contributed by atoms with E-state index < -0.39 is 0 Å². The maximum Gasteiger partial charge on any atom is 0.239 e. The maximum atomic E-state index is 12.0. The van der Waals surface area contributed by atoms with Gasteiger partial charge in [-0.2, -0.15) is 0 Å². The SMILES string of the molecule is CN=C(NCC(=O)NC(C)(C)C)NCC(c1cccc(Cl)c1)N1CCOCC1.I. The van der Waals surface area contributed by atoms with Crippen LogP contribution in [0.5, 0.6) is 0 Å². The summed E-state index contributed by atoms with van der Waals surface area (Å²) in [6, 6.07) is 8.05. The van der Waals surface area contributed by atoms with Crippen molar-refractivity contribution in [3.8, 4) is 0 Å². The number of hydrogen-bond acceptors (Lipinski definition) is 4. The lowest BCUT2D eigenvalue weighted by molar-refractivity contribution is -0.121. The molecule has 1 aliphatic heterocycles. The van der Waals surface area contributed by atoms with Crippen molar-refractivity contribution in [2.45, 2.75) is 32.4 Å². The summed E-state index contributed by atoms with van der Waals surface area (Å²) in [5.41, 5.74) is 0.881. The molecule has 1 heterocycles. The fraction of sp³-hybridized carbons (Fsp3) is 0.600. The van der Waals surface area contributed by atoms with Gasteiger partial charge in [-0.1, -0.05) is 23.7 Å². The van der Waals surface area contributed by atoms with Crippen molar-refractivity contribution in [1.82, 2.24) is 20.9 Å². The Hall–Kier alpha value is -1.10. The van der Waals surface area contributed by atoms with Crippen molar-refractivity contribution in [3.63, 3.8) is 0 Å². The Morgan fingerprint density at radius 3 is 2.55 bits per heavy atom. The Bertz CT molecular complexity index is 675. The summed E-state index contributed by atoms with van der Waals surface area (Å²) in [5, 5.41) is 10.1. The fourth-order valence-corrected chi connectivity index (χ4v) is 3.30. The monoisotopic (exact) mass is 537 g/mol. The van der Waals surface area contributed by atoms with E-state index in [-0.39, 0.29) is 48.0 Å². The smallest absolute Gasteiger partial charge is 0.239 e. The highest BCUT2D eigenvalue weighted by molar-refractivity contribution is 14.0. The highest BCUT2D eigenvalue weighted by Crippen LogP contribution is 2.23. The zero-order chi connectivity index (χ0) is 20.6. The summed E-state index contributed by atoms with van der Waals surface area (Å²) in [7, 11) is 1.69. The number of nitrogens with zero attached hydrogens (tertiary/aromatic N) is 2. The predicted molar refractivity (Wildman–Crippen MR) is 129 cm³/mol. The van der Waals surface area contributed by atoms with E-state index in [9.17, 15) is 4.79 Å². The molecule has 1 aromatic rings. The first kappa shape index (κ1) is 25.9. The minimum atomic E-state index is -0.260. The predicted octanol–water partition coefficient (Wildman–Crippen LogP) is 2.41. The Kier molecular flexibility index (Phi) is 11.2. The molecular formula is C20H33ClIN5O2. The average Bonchev–Trinajstić information content (AvgIpc) is 2.64. The second-order valence-corrected chi connectivity index (χ2v) is 8.26. The van der Waals surface area contributed by atoms with E-state index in [2.05, 4.69) is 31.9 Å². The number of guanidine groups is 1. The highest BCUT2D eigenvalue weighted by Gasteiger charge is 2.23. The number of morpholine rings is 1. The lowest BCUT2D eigenvalue weighted by Gasteiger charge is -2.35. The summed E-state index contributed by atoms with van der Waals surface area (Å²) >= 11 is 6.21. The van der Waals surface area contributed by atoms with Gasteiger partial charge in [0.05, 0.1) is 25.8 Å². The van der Waals surface area contributed by atoms with Gasteiger partial charge in [0.25, 0.3) is 0 Å². The molecule has 0 radical (unpaired) electrons. The number of aliphatic imine (C=N–C) groups is 1. The fourth-order valence-electron chi connectivity index (χ4n) is 3.10. The van der Waals surface area contributed by atoms with Crippen LogP contribution in [0.4, 0.5) is 0 Å². The highest BCUT2D eigenvalue weighted by atomic mass is 127. The molecule has 3 N–H and O–H groups in total. The molecule has 1 aromatic carbocycles. The lowest BCUT2D eigenvalue weighted by atomic mass is 10.0. The quantitative estimate of drug-likeness (QED) is 0.295.